The van der Waals surface area contributed by atoms with Crippen molar-refractivity contribution in [2.45, 2.75) is 19.4 Å². The van der Waals surface area contributed by atoms with E-state index in [0.29, 0.717) is 12.5 Å². The van der Waals surface area contributed by atoms with Gasteiger partial charge in [-0.3, -0.25) is 4.90 Å². The van der Waals surface area contributed by atoms with Gasteiger partial charge in [-0.2, -0.15) is 0 Å². The third-order valence-electron chi connectivity index (χ3n) is 3.18. The first kappa shape index (κ1) is 11.9. The molecule has 0 aromatic carbocycles. The maximum atomic E-state index is 9.07. The largest absolute Gasteiger partial charge is 0.487 e. The molecule has 1 N–H and O–H groups in total. The second-order valence-electron chi connectivity index (χ2n) is 4.33. The van der Waals surface area contributed by atoms with Crippen LogP contribution in [0, 0.1) is 5.92 Å². The molecule has 0 amide bonds. The summed E-state index contributed by atoms with van der Waals surface area (Å²) < 4.78 is 5.19. The molecule has 2 heterocycles. The molecule has 0 radical (unpaired) electrons. The minimum Gasteiger partial charge on any atom is -0.487 e. The predicted molar refractivity (Wildman–Crippen MR) is 66.0 cm³/mol. The van der Waals surface area contributed by atoms with E-state index < -0.39 is 0 Å². The molecule has 1 aromatic heterocycles. The van der Waals surface area contributed by atoms with Crippen molar-refractivity contribution in [3.63, 3.8) is 0 Å². The highest BCUT2D eigenvalue weighted by Gasteiger charge is 2.18. The Kier molecular flexibility index (Phi) is 4.21. The van der Waals surface area contributed by atoms with Crippen LogP contribution in [0.25, 0.3) is 0 Å². The van der Waals surface area contributed by atoms with Crippen LogP contribution in [0.1, 0.15) is 17.7 Å². The number of thiophene rings is 1. The van der Waals surface area contributed by atoms with Gasteiger partial charge >= 0.3 is 0 Å². The zero-order valence-corrected chi connectivity index (χ0v) is 10.5. The molecule has 3 nitrogen and oxygen atoms in total. The zero-order chi connectivity index (χ0) is 11.4. The Hall–Kier alpha value is -0.580. The third kappa shape index (κ3) is 2.97. The van der Waals surface area contributed by atoms with Crippen molar-refractivity contribution >= 4 is 11.3 Å². The van der Waals surface area contributed by atoms with Crippen LogP contribution in [0.5, 0.6) is 5.06 Å². The van der Waals surface area contributed by atoms with Gasteiger partial charge in [0.05, 0.1) is 7.11 Å². The highest BCUT2D eigenvalue weighted by molar-refractivity contribution is 7.13. The average molecular weight is 241 g/mol. The first-order chi connectivity index (χ1) is 7.81. The molecule has 4 heteroatoms. The fraction of sp³-hybridized carbons (Fsp3) is 0.667. The maximum Gasteiger partial charge on any atom is 0.173 e. The SMILES string of the molecule is COc1ccc(CN2CCC(CO)CC2)s1. The Bertz CT molecular complexity index is 319. The van der Waals surface area contributed by atoms with Gasteiger partial charge in [0.15, 0.2) is 5.06 Å². The number of hydrogen-bond donors (Lipinski definition) is 1. The molecular weight excluding hydrogens is 222 g/mol. The summed E-state index contributed by atoms with van der Waals surface area (Å²) in [5, 5.41) is 10.1. The van der Waals surface area contributed by atoms with Gasteiger partial charge in [-0.1, -0.05) is 0 Å². The quantitative estimate of drug-likeness (QED) is 0.874. The van der Waals surface area contributed by atoms with Gasteiger partial charge in [0.25, 0.3) is 0 Å². The minimum atomic E-state index is 0.348. The molecule has 0 spiro atoms. The van der Waals surface area contributed by atoms with Crippen molar-refractivity contribution in [1.82, 2.24) is 4.90 Å². The first-order valence-electron chi connectivity index (χ1n) is 5.77. The summed E-state index contributed by atoms with van der Waals surface area (Å²) in [7, 11) is 1.71. The lowest BCUT2D eigenvalue weighted by atomic mass is 9.98. The molecule has 0 unspecified atom stereocenters. The molecule has 16 heavy (non-hydrogen) atoms. The van der Waals surface area contributed by atoms with Gasteiger partial charge in [-0.05, 0) is 44.0 Å². The third-order valence-corrected chi connectivity index (χ3v) is 4.21. The minimum absolute atomic E-state index is 0.348. The number of hydrogen-bond acceptors (Lipinski definition) is 4. The molecule has 1 saturated heterocycles. The Morgan fingerprint density at radius 1 is 1.44 bits per heavy atom. The molecule has 1 aliphatic heterocycles. The van der Waals surface area contributed by atoms with E-state index in [4.69, 9.17) is 9.84 Å². The summed E-state index contributed by atoms with van der Waals surface area (Å²) in [5.74, 6) is 0.522. The molecule has 0 aliphatic carbocycles. The number of methoxy groups -OCH3 is 1. The number of aliphatic hydroxyl groups is 1. The van der Waals surface area contributed by atoms with Crippen LogP contribution in [0.3, 0.4) is 0 Å². The Balaban J connectivity index is 1.82. The standard InChI is InChI=1S/C12H19NO2S/c1-15-12-3-2-11(16-12)8-13-6-4-10(9-14)5-7-13/h2-3,10,14H,4-9H2,1H3. The smallest absolute Gasteiger partial charge is 0.173 e. The van der Waals surface area contributed by atoms with Crippen LogP contribution in [0.2, 0.25) is 0 Å². The van der Waals surface area contributed by atoms with Gasteiger partial charge in [-0.15, -0.1) is 11.3 Å². The van der Waals surface area contributed by atoms with E-state index in [2.05, 4.69) is 11.0 Å². The summed E-state index contributed by atoms with van der Waals surface area (Å²) in [6.07, 6.45) is 2.25. The highest BCUT2D eigenvalue weighted by Crippen LogP contribution is 2.26. The van der Waals surface area contributed by atoms with Crippen molar-refractivity contribution in [3.8, 4) is 5.06 Å². The zero-order valence-electron chi connectivity index (χ0n) is 9.69. The topological polar surface area (TPSA) is 32.7 Å². The van der Waals surface area contributed by atoms with E-state index >= 15 is 0 Å². The number of piperidine rings is 1. The van der Waals surface area contributed by atoms with E-state index in [9.17, 15) is 0 Å². The molecular formula is C12H19NO2S. The average Bonchev–Trinajstić information content (AvgIpc) is 2.78. The van der Waals surface area contributed by atoms with Gasteiger partial charge in [0, 0.05) is 18.0 Å². The van der Waals surface area contributed by atoms with Gasteiger partial charge in [0.2, 0.25) is 0 Å². The van der Waals surface area contributed by atoms with E-state index in [0.717, 1.165) is 37.5 Å². The summed E-state index contributed by atoms with van der Waals surface area (Å²) >= 11 is 1.72. The second-order valence-corrected chi connectivity index (χ2v) is 5.46. The van der Waals surface area contributed by atoms with Crippen molar-refractivity contribution in [3.05, 3.63) is 17.0 Å². The number of likely N-dealkylation sites (tertiary alicyclic amines) is 1. The summed E-state index contributed by atoms with van der Waals surface area (Å²) in [6.45, 7) is 3.57. The van der Waals surface area contributed by atoms with Crippen LogP contribution in [0.15, 0.2) is 12.1 Å². The van der Waals surface area contributed by atoms with Crippen molar-refractivity contribution in [1.29, 1.82) is 0 Å². The fourth-order valence-corrected chi connectivity index (χ4v) is 2.96. The predicted octanol–water partition coefficient (Wildman–Crippen LogP) is 1.96. The maximum absolute atomic E-state index is 9.07. The molecule has 90 valence electrons. The molecule has 2 rings (SSSR count). The van der Waals surface area contributed by atoms with Crippen LogP contribution in [0.4, 0.5) is 0 Å². The Morgan fingerprint density at radius 3 is 2.75 bits per heavy atom. The lowest BCUT2D eigenvalue weighted by Gasteiger charge is -2.30. The lowest BCUT2D eigenvalue weighted by Crippen LogP contribution is -2.34. The van der Waals surface area contributed by atoms with E-state index in [1.807, 2.05) is 6.07 Å². The lowest BCUT2D eigenvalue weighted by molar-refractivity contribution is 0.128. The van der Waals surface area contributed by atoms with Gasteiger partial charge < -0.3 is 9.84 Å². The first-order valence-corrected chi connectivity index (χ1v) is 6.59. The Morgan fingerprint density at radius 2 is 2.19 bits per heavy atom. The molecule has 0 bridgehead atoms. The van der Waals surface area contributed by atoms with Gasteiger partial charge in [-0.25, -0.2) is 0 Å². The normalized spacial score (nSPS) is 18.9. The van der Waals surface area contributed by atoms with Crippen LogP contribution >= 0.6 is 11.3 Å². The van der Waals surface area contributed by atoms with E-state index in [1.165, 1.54) is 4.88 Å². The summed E-state index contributed by atoms with van der Waals surface area (Å²) in [4.78, 5) is 3.82. The molecule has 0 saturated carbocycles. The van der Waals surface area contributed by atoms with Crippen LogP contribution in [-0.2, 0) is 6.54 Å². The van der Waals surface area contributed by atoms with E-state index in [-0.39, 0.29) is 0 Å². The van der Waals surface area contributed by atoms with Crippen molar-refractivity contribution in [2.75, 3.05) is 26.8 Å². The number of nitrogens with zero attached hydrogens (tertiary/aromatic N) is 1. The Labute approximate surface area is 101 Å². The molecule has 0 atom stereocenters. The molecule has 1 aromatic rings. The van der Waals surface area contributed by atoms with Crippen molar-refractivity contribution < 1.29 is 9.84 Å². The number of ether oxygens (including phenoxy) is 1. The molecule has 1 fully saturated rings. The number of rotatable bonds is 4. The van der Waals surface area contributed by atoms with Crippen LogP contribution in [-0.4, -0.2) is 36.8 Å². The van der Waals surface area contributed by atoms with Gasteiger partial charge in [0.1, 0.15) is 0 Å². The second kappa shape index (κ2) is 5.66. The fourth-order valence-electron chi connectivity index (χ4n) is 2.10. The van der Waals surface area contributed by atoms with Crippen molar-refractivity contribution in [2.24, 2.45) is 5.92 Å². The summed E-state index contributed by atoms with van der Waals surface area (Å²) in [5.41, 5.74) is 0. The van der Waals surface area contributed by atoms with Crippen LogP contribution < -0.4 is 4.74 Å². The highest BCUT2D eigenvalue weighted by atomic mass is 32.1. The number of aliphatic hydroxyl groups excluding tert-OH is 1. The van der Waals surface area contributed by atoms with E-state index in [1.54, 1.807) is 18.4 Å². The summed E-state index contributed by atoms with van der Waals surface area (Å²) in [6, 6.07) is 4.17. The molecule has 1 aliphatic rings. The monoisotopic (exact) mass is 241 g/mol.